The van der Waals surface area contributed by atoms with E-state index in [4.69, 9.17) is 4.42 Å². The first kappa shape index (κ1) is 22.3. The summed E-state index contributed by atoms with van der Waals surface area (Å²) in [6, 6.07) is 22.6. The molecule has 5 nitrogen and oxygen atoms in total. The minimum Gasteiger partial charge on any atom is -0.453 e. The third-order valence-corrected chi connectivity index (χ3v) is 10.9. The Bertz CT molecular complexity index is 1640. The van der Waals surface area contributed by atoms with Crippen LogP contribution < -0.4 is 0 Å². The first-order valence-corrected chi connectivity index (χ1v) is 14.2. The zero-order chi connectivity index (χ0) is 23.4. The van der Waals surface area contributed by atoms with Gasteiger partial charge in [0.15, 0.2) is 11.2 Å². The summed E-state index contributed by atoms with van der Waals surface area (Å²) in [5.74, 6) is 0. The van der Waals surface area contributed by atoms with Gasteiger partial charge in [-0.2, -0.15) is 0 Å². The van der Waals surface area contributed by atoms with E-state index in [-0.39, 0.29) is 30.7 Å². The summed E-state index contributed by atoms with van der Waals surface area (Å²) < 4.78 is 60.8. The van der Waals surface area contributed by atoms with Gasteiger partial charge in [0.25, 0.3) is 0 Å². The number of halogens is 2. The first-order valence-electron chi connectivity index (χ1n) is 9.66. The molecule has 5 aromatic rings. The molecule has 5 rings (SSSR count). The molecule has 0 saturated heterocycles. The van der Waals surface area contributed by atoms with Crippen molar-refractivity contribution in [2.45, 2.75) is 19.6 Å². The van der Waals surface area contributed by atoms with Crippen LogP contribution in [0.2, 0.25) is 0 Å². The second-order valence-electron chi connectivity index (χ2n) is 7.24. The smallest absolute Gasteiger partial charge is 0.211 e. The van der Waals surface area contributed by atoms with Crippen molar-refractivity contribution >= 4 is 73.5 Å². The molecule has 0 fully saturated rings. The summed E-state index contributed by atoms with van der Waals surface area (Å²) in [4.78, 5) is 0.123. The lowest BCUT2D eigenvalue weighted by Crippen LogP contribution is -2.03. The molecule has 0 amide bonds. The molecular formula is C24H14Br2O5S2. The standard InChI is InChI=1S/C24H14Br2O5S2/c25-17-9-1-3-11-19(17)32(27,28)21-13-5-7-15-16-8-6-14-22(24(16)31-23(15)21)33(29,30)20-12-4-2-10-18(20)26/h1-14H. The second-order valence-corrected chi connectivity index (χ2v) is 12.7. The molecule has 0 N–H and O–H groups in total. The summed E-state index contributed by atoms with van der Waals surface area (Å²) in [5.41, 5.74) is 0.219. The quantitative estimate of drug-likeness (QED) is 0.226. The van der Waals surface area contributed by atoms with Crippen molar-refractivity contribution in [3.8, 4) is 0 Å². The van der Waals surface area contributed by atoms with Crippen molar-refractivity contribution in [3.05, 3.63) is 93.9 Å². The van der Waals surface area contributed by atoms with Gasteiger partial charge in [-0.15, -0.1) is 0 Å². The monoisotopic (exact) mass is 604 g/mol. The van der Waals surface area contributed by atoms with E-state index < -0.39 is 19.7 Å². The summed E-state index contributed by atoms with van der Waals surface area (Å²) in [6.45, 7) is 0. The lowest BCUT2D eigenvalue weighted by Gasteiger charge is -2.07. The fourth-order valence-corrected chi connectivity index (χ4v) is 8.55. The summed E-state index contributed by atoms with van der Waals surface area (Å²) in [7, 11) is -7.90. The Labute approximate surface area is 207 Å². The van der Waals surface area contributed by atoms with Gasteiger partial charge in [0.2, 0.25) is 19.7 Å². The van der Waals surface area contributed by atoms with Crippen LogP contribution in [0.25, 0.3) is 21.9 Å². The highest BCUT2D eigenvalue weighted by atomic mass is 79.9. The van der Waals surface area contributed by atoms with Gasteiger partial charge in [-0.25, -0.2) is 16.8 Å². The highest BCUT2D eigenvalue weighted by Gasteiger charge is 2.29. The number of para-hydroxylation sites is 2. The van der Waals surface area contributed by atoms with Gasteiger partial charge in [-0.3, -0.25) is 0 Å². The molecule has 1 heterocycles. The van der Waals surface area contributed by atoms with E-state index >= 15 is 0 Å². The maximum Gasteiger partial charge on any atom is 0.211 e. The van der Waals surface area contributed by atoms with Crippen molar-refractivity contribution in [2.75, 3.05) is 0 Å². The fraction of sp³-hybridized carbons (Fsp3) is 0. The molecule has 166 valence electrons. The van der Waals surface area contributed by atoms with Gasteiger partial charge < -0.3 is 4.42 Å². The van der Waals surface area contributed by atoms with Crippen LogP contribution in [0.5, 0.6) is 0 Å². The van der Waals surface area contributed by atoms with E-state index in [1.807, 2.05) is 0 Å². The highest BCUT2D eigenvalue weighted by molar-refractivity contribution is 9.10. The van der Waals surface area contributed by atoms with E-state index in [2.05, 4.69) is 31.9 Å². The highest BCUT2D eigenvalue weighted by Crippen LogP contribution is 2.40. The van der Waals surface area contributed by atoms with E-state index in [9.17, 15) is 16.8 Å². The number of benzene rings is 4. The summed E-state index contributed by atoms with van der Waals surface area (Å²) >= 11 is 6.61. The van der Waals surface area contributed by atoms with Crippen LogP contribution in [0.4, 0.5) is 0 Å². The molecule has 0 saturated carbocycles. The van der Waals surface area contributed by atoms with E-state index in [0.29, 0.717) is 19.7 Å². The van der Waals surface area contributed by atoms with Crippen LogP contribution in [0.1, 0.15) is 0 Å². The Morgan fingerprint density at radius 2 is 0.848 bits per heavy atom. The van der Waals surface area contributed by atoms with Crippen LogP contribution >= 0.6 is 31.9 Å². The van der Waals surface area contributed by atoms with Gasteiger partial charge in [0.05, 0.1) is 9.79 Å². The van der Waals surface area contributed by atoms with Crippen molar-refractivity contribution in [2.24, 2.45) is 0 Å². The van der Waals surface area contributed by atoms with Gasteiger partial charge in [-0.1, -0.05) is 48.5 Å². The number of hydrogen-bond donors (Lipinski definition) is 0. The molecule has 0 radical (unpaired) electrons. The number of sulfone groups is 2. The van der Waals surface area contributed by atoms with Crippen molar-refractivity contribution in [1.29, 1.82) is 0 Å². The molecule has 4 aromatic carbocycles. The minimum absolute atomic E-state index is 0.0349. The van der Waals surface area contributed by atoms with Crippen molar-refractivity contribution in [3.63, 3.8) is 0 Å². The Kier molecular flexibility index (Phi) is 5.48. The van der Waals surface area contributed by atoms with Crippen LogP contribution in [0.3, 0.4) is 0 Å². The fourth-order valence-electron chi connectivity index (χ4n) is 3.75. The van der Waals surface area contributed by atoms with Crippen LogP contribution in [-0.4, -0.2) is 16.8 Å². The largest absolute Gasteiger partial charge is 0.453 e. The van der Waals surface area contributed by atoms with Gasteiger partial charge >= 0.3 is 0 Å². The molecule has 0 aliphatic carbocycles. The Morgan fingerprint density at radius 1 is 0.485 bits per heavy atom. The molecule has 0 unspecified atom stereocenters. The molecule has 0 aliphatic rings. The first-order chi connectivity index (χ1) is 15.7. The maximum absolute atomic E-state index is 13.5. The van der Waals surface area contributed by atoms with Crippen molar-refractivity contribution in [1.82, 2.24) is 0 Å². The van der Waals surface area contributed by atoms with E-state index in [0.717, 1.165) is 0 Å². The number of furan rings is 1. The van der Waals surface area contributed by atoms with Crippen LogP contribution in [0.15, 0.2) is 118 Å². The average Bonchev–Trinajstić information content (AvgIpc) is 3.18. The van der Waals surface area contributed by atoms with Crippen LogP contribution in [-0.2, 0) is 19.7 Å². The average molecular weight is 606 g/mol. The van der Waals surface area contributed by atoms with E-state index in [1.54, 1.807) is 60.7 Å². The van der Waals surface area contributed by atoms with Gasteiger partial charge in [-0.05, 0) is 68.3 Å². The zero-order valence-electron chi connectivity index (χ0n) is 16.7. The lowest BCUT2D eigenvalue weighted by molar-refractivity contribution is 0.588. The molecule has 0 spiro atoms. The molecule has 33 heavy (non-hydrogen) atoms. The zero-order valence-corrected chi connectivity index (χ0v) is 21.5. The van der Waals surface area contributed by atoms with Crippen LogP contribution in [0, 0.1) is 0 Å². The molecular weight excluding hydrogens is 592 g/mol. The SMILES string of the molecule is O=S(=O)(c1ccccc1Br)c1cccc2c1oc1c(S(=O)(=O)c3ccccc3Br)cccc12. The second kappa shape index (κ2) is 8.09. The predicted octanol–water partition coefficient (Wildman–Crippen LogP) is 6.78. The summed E-state index contributed by atoms with van der Waals surface area (Å²) in [5, 5.41) is 1.03. The lowest BCUT2D eigenvalue weighted by atomic mass is 10.1. The van der Waals surface area contributed by atoms with Crippen molar-refractivity contribution < 1.29 is 21.3 Å². The minimum atomic E-state index is -3.95. The Balaban J connectivity index is 1.82. The molecule has 0 atom stereocenters. The maximum atomic E-state index is 13.5. The molecule has 1 aromatic heterocycles. The number of rotatable bonds is 4. The third kappa shape index (κ3) is 3.54. The Morgan fingerprint density at radius 3 is 1.24 bits per heavy atom. The predicted molar refractivity (Wildman–Crippen MR) is 133 cm³/mol. The summed E-state index contributed by atoms with van der Waals surface area (Å²) in [6.07, 6.45) is 0. The number of hydrogen-bond acceptors (Lipinski definition) is 5. The normalized spacial score (nSPS) is 12.4. The van der Waals surface area contributed by atoms with Gasteiger partial charge in [0, 0.05) is 19.7 Å². The third-order valence-electron chi connectivity index (χ3n) is 5.28. The molecule has 9 heteroatoms. The Hall–Kier alpha value is -2.46. The molecule has 0 aliphatic heterocycles. The molecule has 0 bridgehead atoms. The van der Waals surface area contributed by atoms with E-state index in [1.165, 1.54) is 24.3 Å². The van der Waals surface area contributed by atoms with Gasteiger partial charge in [0.1, 0.15) is 9.79 Å². The topological polar surface area (TPSA) is 81.4 Å². The number of fused-ring (bicyclic) bond motifs is 3.